The normalized spacial score (nSPS) is 17.3. The smallest absolute Gasteiger partial charge is 0.231 e. The Kier molecular flexibility index (Phi) is 5.46. The monoisotopic (exact) mass is 412 g/mol. The van der Waals surface area contributed by atoms with Gasteiger partial charge in [-0.2, -0.15) is 0 Å². The number of likely N-dealkylation sites (tertiary alicyclic amines) is 1. The van der Waals surface area contributed by atoms with Crippen LogP contribution in [-0.2, 0) is 4.79 Å². The Morgan fingerprint density at radius 2 is 2.21 bits per heavy atom. The molecular weight excluding hydrogens is 392 g/mol. The Labute approximate surface area is 172 Å². The molecular formula is C20H21ClN6O2. The summed E-state index contributed by atoms with van der Waals surface area (Å²) in [7, 11) is 0. The Morgan fingerprint density at radius 1 is 1.34 bits per heavy atom. The maximum absolute atomic E-state index is 11.2. The highest BCUT2D eigenvalue weighted by Gasteiger charge is 2.23. The van der Waals surface area contributed by atoms with Crippen molar-refractivity contribution in [3.63, 3.8) is 0 Å². The molecule has 0 saturated carbocycles. The lowest BCUT2D eigenvalue weighted by Gasteiger charge is -2.32. The van der Waals surface area contributed by atoms with Crippen LogP contribution >= 0.6 is 11.6 Å². The first-order chi connectivity index (χ1) is 14.0. The second kappa shape index (κ2) is 8.18. The molecule has 1 atom stereocenters. The third kappa shape index (κ3) is 4.23. The zero-order chi connectivity index (χ0) is 20.4. The number of benzene rings is 1. The van der Waals surface area contributed by atoms with Gasteiger partial charge in [-0.3, -0.25) is 14.7 Å². The molecule has 0 bridgehead atoms. The lowest BCUT2D eigenvalue weighted by atomic mass is 10.0. The minimum Gasteiger partial charge on any atom is -0.507 e. The van der Waals surface area contributed by atoms with E-state index in [4.69, 9.17) is 17.3 Å². The van der Waals surface area contributed by atoms with Gasteiger partial charge in [0.05, 0.1) is 6.54 Å². The fraction of sp³-hybridized carbons (Fsp3) is 0.300. The van der Waals surface area contributed by atoms with Gasteiger partial charge in [0.2, 0.25) is 5.91 Å². The van der Waals surface area contributed by atoms with Crippen molar-refractivity contribution in [2.45, 2.75) is 18.9 Å². The fourth-order valence-corrected chi connectivity index (χ4v) is 3.88. The maximum atomic E-state index is 11.2. The summed E-state index contributed by atoms with van der Waals surface area (Å²) in [5.41, 5.74) is 6.96. The summed E-state index contributed by atoms with van der Waals surface area (Å²) in [6, 6.07) is 8.73. The first kappa shape index (κ1) is 19.4. The van der Waals surface area contributed by atoms with Crippen LogP contribution in [0.2, 0.25) is 5.02 Å². The number of hydrogen-bond donors (Lipinski definition) is 3. The van der Waals surface area contributed by atoms with E-state index in [1.165, 1.54) is 6.07 Å². The van der Waals surface area contributed by atoms with Crippen LogP contribution in [0.5, 0.6) is 5.75 Å². The number of aromatic nitrogens is 3. The predicted molar refractivity (Wildman–Crippen MR) is 112 cm³/mol. The van der Waals surface area contributed by atoms with Crippen molar-refractivity contribution in [2.24, 2.45) is 5.73 Å². The number of carbonyl (C=O) groups is 1. The number of carbonyl (C=O) groups excluding carboxylic acids is 1. The highest BCUT2D eigenvalue weighted by Crippen LogP contribution is 2.35. The summed E-state index contributed by atoms with van der Waals surface area (Å²) >= 11 is 5.95. The molecule has 29 heavy (non-hydrogen) atoms. The summed E-state index contributed by atoms with van der Waals surface area (Å²) in [5, 5.41) is 23.7. The Morgan fingerprint density at radius 3 is 3.00 bits per heavy atom. The van der Waals surface area contributed by atoms with Crippen molar-refractivity contribution in [1.29, 1.82) is 0 Å². The largest absolute Gasteiger partial charge is 0.507 e. The number of pyridine rings is 1. The van der Waals surface area contributed by atoms with Crippen LogP contribution in [0.1, 0.15) is 12.8 Å². The van der Waals surface area contributed by atoms with Crippen molar-refractivity contribution < 1.29 is 9.90 Å². The number of aromatic hydroxyl groups is 1. The minimum absolute atomic E-state index is 0.0221. The van der Waals surface area contributed by atoms with Gasteiger partial charge in [-0.25, -0.2) is 0 Å². The van der Waals surface area contributed by atoms with Gasteiger partial charge < -0.3 is 16.2 Å². The van der Waals surface area contributed by atoms with Crippen LogP contribution in [0.4, 0.5) is 5.82 Å². The van der Waals surface area contributed by atoms with Crippen molar-refractivity contribution in [3.8, 4) is 17.0 Å². The van der Waals surface area contributed by atoms with Gasteiger partial charge in [-0.15, -0.1) is 10.2 Å². The third-order valence-electron chi connectivity index (χ3n) is 4.98. The molecule has 3 aromatic rings. The number of rotatable bonds is 5. The van der Waals surface area contributed by atoms with Gasteiger partial charge in [-0.1, -0.05) is 11.6 Å². The topological polar surface area (TPSA) is 117 Å². The molecule has 0 radical (unpaired) electrons. The van der Waals surface area contributed by atoms with Crippen LogP contribution in [0, 0.1) is 0 Å². The van der Waals surface area contributed by atoms with E-state index in [2.05, 4.69) is 20.5 Å². The molecule has 1 aliphatic rings. The van der Waals surface area contributed by atoms with Crippen LogP contribution in [-0.4, -0.2) is 56.8 Å². The molecule has 0 spiro atoms. The molecule has 3 heterocycles. The van der Waals surface area contributed by atoms with Gasteiger partial charge >= 0.3 is 0 Å². The first-order valence-corrected chi connectivity index (χ1v) is 9.76. The van der Waals surface area contributed by atoms with Crippen LogP contribution in [0.3, 0.4) is 0 Å². The average Bonchev–Trinajstić information content (AvgIpc) is 2.69. The van der Waals surface area contributed by atoms with E-state index in [-0.39, 0.29) is 24.2 Å². The lowest BCUT2D eigenvalue weighted by Crippen LogP contribution is -2.45. The lowest BCUT2D eigenvalue weighted by molar-refractivity contribution is -0.119. The number of hydrogen-bond acceptors (Lipinski definition) is 7. The Hall–Kier alpha value is -2.97. The number of nitrogens with two attached hydrogens (primary N) is 1. The summed E-state index contributed by atoms with van der Waals surface area (Å²) in [6.45, 7) is 1.80. The fourth-order valence-electron chi connectivity index (χ4n) is 3.71. The van der Waals surface area contributed by atoms with Gasteiger partial charge in [0, 0.05) is 34.8 Å². The first-order valence-electron chi connectivity index (χ1n) is 9.39. The summed E-state index contributed by atoms with van der Waals surface area (Å²) < 4.78 is 0. The highest BCUT2D eigenvalue weighted by atomic mass is 35.5. The van der Waals surface area contributed by atoms with E-state index >= 15 is 0 Å². The van der Waals surface area contributed by atoms with E-state index in [1.54, 1.807) is 18.3 Å². The number of fused-ring (bicyclic) bond motifs is 1. The van der Waals surface area contributed by atoms with Gasteiger partial charge in [0.1, 0.15) is 17.0 Å². The minimum atomic E-state index is -0.327. The molecule has 1 aromatic carbocycles. The maximum Gasteiger partial charge on any atom is 0.231 e. The molecule has 4 N–H and O–H groups in total. The molecule has 0 aliphatic carbocycles. The molecule has 8 nitrogen and oxygen atoms in total. The molecule has 1 fully saturated rings. The SMILES string of the molecule is NC(=O)CN1CCCC(Nc2nnc(-c3ccc(Cl)cc3O)c3ncccc23)C1. The van der Waals surface area contributed by atoms with Crippen molar-refractivity contribution in [3.05, 3.63) is 41.6 Å². The molecule has 1 saturated heterocycles. The van der Waals surface area contributed by atoms with E-state index in [9.17, 15) is 9.90 Å². The molecule has 9 heteroatoms. The Balaban J connectivity index is 1.66. The van der Waals surface area contributed by atoms with E-state index in [1.807, 2.05) is 17.0 Å². The molecule has 1 aliphatic heterocycles. The van der Waals surface area contributed by atoms with Crippen LogP contribution in [0.25, 0.3) is 22.2 Å². The number of phenols is 1. The second-order valence-electron chi connectivity index (χ2n) is 7.14. The van der Waals surface area contributed by atoms with E-state index in [0.717, 1.165) is 24.8 Å². The predicted octanol–water partition coefficient (Wildman–Crippen LogP) is 2.41. The van der Waals surface area contributed by atoms with Crippen LogP contribution in [0.15, 0.2) is 36.5 Å². The average molecular weight is 413 g/mol. The van der Waals surface area contributed by atoms with Gasteiger partial charge in [0.25, 0.3) is 0 Å². The molecule has 2 aromatic heterocycles. The van der Waals surface area contributed by atoms with Crippen molar-refractivity contribution in [2.75, 3.05) is 25.0 Å². The number of primary amides is 1. The highest BCUT2D eigenvalue weighted by molar-refractivity contribution is 6.30. The third-order valence-corrected chi connectivity index (χ3v) is 5.21. The number of piperidine rings is 1. The molecule has 1 unspecified atom stereocenters. The number of nitrogens with one attached hydrogen (secondary N) is 1. The molecule has 150 valence electrons. The quantitative estimate of drug-likeness (QED) is 0.589. The van der Waals surface area contributed by atoms with Gasteiger partial charge in [0.15, 0.2) is 5.82 Å². The summed E-state index contributed by atoms with van der Waals surface area (Å²) in [5.74, 6) is 0.317. The zero-order valence-corrected chi connectivity index (χ0v) is 16.4. The second-order valence-corrected chi connectivity index (χ2v) is 7.58. The van der Waals surface area contributed by atoms with Gasteiger partial charge in [-0.05, 0) is 49.7 Å². The Bertz CT molecular complexity index is 1060. The molecule has 1 amide bonds. The summed E-state index contributed by atoms with van der Waals surface area (Å²) in [6.07, 6.45) is 3.60. The number of phenolic OH excluding ortho intramolecular Hbond substituents is 1. The number of halogens is 1. The molecule has 4 rings (SSSR count). The number of nitrogens with zero attached hydrogens (tertiary/aromatic N) is 4. The number of anilines is 1. The number of amides is 1. The van der Waals surface area contributed by atoms with E-state index < -0.39 is 0 Å². The van der Waals surface area contributed by atoms with Crippen molar-refractivity contribution >= 4 is 34.2 Å². The standard InChI is InChI=1S/C20H21ClN6O2/c21-12-5-6-14(16(28)9-12)19-18-15(4-1-7-23-18)20(26-25-19)24-13-3-2-8-27(10-13)11-17(22)29/h1,4-7,9,13,28H,2-3,8,10-11H2,(H2,22,29)(H,24,26). The zero-order valence-electron chi connectivity index (χ0n) is 15.7. The van der Waals surface area contributed by atoms with Crippen molar-refractivity contribution in [1.82, 2.24) is 20.1 Å². The summed E-state index contributed by atoms with van der Waals surface area (Å²) in [4.78, 5) is 17.7. The van der Waals surface area contributed by atoms with Crippen LogP contribution < -0.4 is 11.1 Å². The van der Waals surface area contributed by atoms with E-state index in [0.29, 0.717) is 34.2 Å².